The number of nitrogens with two attached hydrogens (primary N) is 3. The molecule has 17 heavy (non-hydrogen) atoms. The van der Waals surface area contributed by atoms with Crippen LogP contribution in [0.15, 0.2) is 16.0 Å². The van der Waals surface area contributed by atoms with Crippen LogP contribution in [0.25, 0.3) is 0 Å². The Morgan fingerprint density at radius 3 is 2.65 bits per heavy atom. The van der Waals surface area contributed by atoms with Crippen LogP contribution >= 0.6 is 11.8 Å². The second-order valence-corrected chi connectivity index (χ2v) is 4.47. The maximum atomic E-state index is 6.98. The zero-order valence-electron chi connectivity index (χ0n) is 10.2. The van der Waals surface area contributed by atoms with Gasteiger partial charge in [-0.25, -0.2) is 4.99 Å². The molecule has 0 saturated carbocycles. The zero-order valence-corrected chi connectivity index (χ0v) is 11.0. The number of unbranched alkanes of at least 4 members (excludes halogenated alkanes) is 1. The number of nitrogens with zero attached hydrogens (tertiary/aromatic N) is 1. The van der Waals surface area contributed by atoms with Crippen molar-refractivity contribution in [2.45, 2.75) is 26.2 Å². The van der Waals surface area contributed by atoms with E-state index in [0.29, 0.717) is 5.88 Å². The lowest BCUT2D eigenvalue weighted by atomic mass is 10.1. The molecule has 6 nitrogen and oxygen atoms in total. The highest BCUT2D eigenvalue weighted by Crippen LogP contribution is 2.12. The first-order chi connectivity index (χ1) is 8.02. The molecule has 0 fully saturated rings. The summed E-state index contributed by atoms with van der Waals surface area (Å²) in [5, 5.41) is 11.8. The van der Waals surface area contributed by atoms with Crippen LogP contribution in [0.5, 0.6) is 0 Å². The molecule has 0 atom stereocenters. The molecule has 0 bridgehead atoms. The van der Waals surface area contributed by atoms with Gasteiger partial charge < -0.3 is 22.5 Å². The average Bonchev–Trinajstić information content (AvgIpc) is 2.23. The number of thioether (sulfide) groups is 1. The number of aliphatic imine (C=N–C) groups is 1. The Bertz CT molecular complexity index is 283. The predicted octanol–water partition coefficient (Wildman–Crippen LogP) is 0.508. The van der Waals surface area contributed by atoms with Crippen molar-refractivity contribution in [1.29, 1.82) is 5.41 Å². The van der Waals surface area contributed by atoms with Gasteiger partial charge in [-0.15, -0.1) is 11.8 Å². The lowest BCUT2D eigenvalue weighted by Gasteiger charge is -2.03. The molecular weight excluding hydrogens is 236 g/mol. The van der Waals surface area contributed by atoms with Crippen molar-refractivity contribution in [2.24, 2.45) is 22.2 Å². The largest absolute Gasteiger partial charge is 0.370 e. The monoisotopic (exact) mass is 258 g/mol. The Balaban J connectivity index is 3.50. The number of guanidine groups is 2. The van der Waals surface area contributed by atoms with Crippen LogP contribution < -0.4 is 22.5 Å². The van der Waals surface area contributed by atoms with Gasteiger partial charge in [0, 0.05) is 6.54 Å². The van der Waals surface area contributed by atoms with Crippen LogP contribution in [0.3, 0.4) is 0 Å². The lowest BCUT2D eigenvalue weighted by Crippen LogP contribution is -2.30. The summed E-state index contributed by atoms with van der Waals surface area (Å²) >= 11 is 1.58. The number of rotatable bonds is 8. The maximum Gasteiger partial charge on any atom is 0.186 e. The highest BCUT2D eigenvalue weighted by Gasteiger charge is 1.93. The van der Waals surface area contributed by atoms with Gasteiger partial charge in [-0.05, 0) is 31.6 Å². The minimum absolute atomic E-state index is 0.0325. The molecule has 0 amide bonds. The van der Waals surface area contributed by atoms with Crippen molar-refractivity contribution in [3.05, 3.63) is 11.0 Å². The van der Waals surface area contributed by atoms with E-state index in [0.717, 1.165) is 25.8 Å². The maximum absolute atomic E-state index is 6.98. The first kappa shape index (κ1) is 15.6. The second kappa shape index (κ2) is 9.83. The fourth-order valence-corrected chi connectivity index (χ4v) is 1.80. The van der Waals surface area contributed by atoms with Crippen molar-refractivity contribution in [3.63, 3.8) is 0 Å². The predicted molar refractivity (Wildman–Crippen MR) is 75.8 cm³/mol. The minimum Gasteiger partial charge on any atom is -0.370 e. The van der Waals surface area contributed by atoms with E-state index in [2.05, 4.69) is 22.6 Å². The molecule has 0 aliphatic rings. The van der Waals surface area contributed by atoms with Crippen LogP contribution in [0.2, 0.25) is 0 Å². The molecule has 7 heteroatoms. The second-order valence-electron chi connectivity index (χ2n) is 3.64. The van der Waals surface area contributed by atoms with E-state index in [1.807, 2.05) is 0 Å². The van der Waals surface area contributed by atoms with Gasteiger partial charge in [0.25, 0.3) is 0 Å². The Morgan fingerprint density at radius 1 is 1.35 bits per heavy atom. The van der Waals surface area contributed by atoms with Crippen molar-refractivity contribution < 1.29 is 0 Å². The summed E-state index contributed by atoms with van der Waals surface area (Å²) in [6, 6.07) is 0. The fourth-order valence-electron chi connectivity index (χ4n) is 1.10. The molecule has 0 unspecified atom stereocenters. The molecule has 8 N–H and O–H groups in total. The van der Waals surface area contributed by atoms with E-state index in [1.165, 1.54) is 5.57 Å². The number of hydrogen-bond acceptors (Lipinski definition) is 3. The highest BCUT2D eigenvalue weighted by molar-refractivity contribution is 8.02. The van der Waals surface area contributed by atoms with Crippen LogP contribution in [-0.4, -0.2) is 24.3 Å². The molecule has 0 rings (SSSR count). The summed E-state index contributed by atoms with van der Waals surface area (Å²) in [5.41, 5.74) is 16.9. The quantitative estimate of drug-likeness (QED) is 0.246. The molecule has 0 aromatic carbocycles. The Kier molecular flexibility index (Phi) is 9.04. The van der Waals surface area contributed by atoms with Gasteiger partial charge in [-0.1, -0.05) is 5.57 Å². The molecule has 0 spiro atoms. The third-order valence-corrected chi connectivity index (χ3v) is 2.77. The Labute approximate surface area is 107 Å². The summed E-state index contributed by atoms with van der Waals surface area (Å²) < 4.78 is 0. The summed E-state index contributed by atoms with van der Waals surface area (Å²) in [5.74, 6) is 0.717. The molecule has 0 aromatic rings. The summed E-state index contributed by atoms with van der Waals surface area (Å²) in [6.07, 6.45) is 3.11. The Hall–Kier alpha value is -1.37. The van der Waals surface area contributed by atoms with Crippen LogP contribution in [0, 0.1) is 5.41 Å². The molecule has 98 valence electrons. The Morgan fingerprint density at radius 2 is 2.06 bits per heavy atom. The van der Waals surface area contributed by atoms with Crippen LogP contribution in [-0.2, 0) is 0 Å². The topological polar surface area (TPSA) is 126 Å². The summed E-state index contributed by atoms with van der Waals surface area (Å²) in [7, 11) is 0. The van der Waals surface area contributed by atoms with Gasteiger partial charge in [0.2, 0.25) is 0 Å². The van der Waals surface area contributed by atoms with Gasteiger partial charge in [-0.2, -0.15) is 0 Å². The number of hydrogen-bond donors (Lipinski definition) is 5. The molecule has 0 heterocycles. The average molecular weight is 258 g/mol. The fraction of sp³-hybridized carbons (Fsp3) is 0.600. The van der Waals surface area contributed by atoms with Gasteiger partial charge >= 0.3 is 0 Å². The van der Waals surface area contributed by atoms with E-state index >= 15 is 0 Å². The van der Waals surface area contributed by atoms with E-state index in [9.17, 15) is 0 Å². The molecule has 0 aliphatic heterocycles. The standard InChI is InChI=1S/C10H22N6S/c1-8(6-17-7-16-10(13)14)4-2-3-5-15-9(11)12/h6H,2-5,7H2,1H3,(H4,11,12,15)(H4,13,14,16)/b8-6+. The van der Waals surface area contributed by atoms with Crippen molar-refractivity contribution in [3.8, 4) is 0 Å². The molecule has 0 radical (unpaired) electrons. The van der Waals surface area contributed by atoms with Gasteiger partial charge in [0.15, 0.2) is 11.9 Å². The minimum atomic E-state index is 0.0325. The third kappa shape index (κ3) is 12.6. The summed E-state index contributed by atoms with van der Waals surface area (Å²) in [4.78, 5) is 3.87. The van der Waals surface area contributed by atoms with E-state index in [4.69, 9.17) is 22.6 Å². The first-order valence-electron chi connectivity index (χ1n) is 5.43. The first-order valence-corrected chi connectivity index (χ1v) is 6.47. The van der Waals surface area contributed by atoms with Crippen molar-refractivity contribution >= 4 is 23.7 Å². The van der Waals surface area contributed by atoms with Crippen LogP contribution in [0.1, 0.15) is 26.2 Å². The normalized spacial score (nSPS) is 11.0. The number of nitrogens with one attached hydrogen (secondary N) is 2. The van der Waals surface area contributed by atoms with E-state index in [1.54, 1.807) is 11.8 Å². The van der Waals surface area contributed by atoms with Gasteiger partial charge in [-0.3, -0.25) is 5.41 Å². The van der Waals surface area contributed by atoms with Crippen LogP contribution in [0.4, 0.5) is 0 Å². The lowest BCUT2D eigenvalue weighted by molar-refractivity contribution is 0.703. The zero-order chi connectivity index (χ0) is 13.1. The number of allylic oxidation sites excluding steroid dienone is 1. The van der Waals surface area contributed by atoms with Crippen molar-refractivity contribution in [1.82, 2.24) is 5.32 Å². The molecule has 0 aromatic heterocycles. The van der Waals surface area contributed by atoms with E-state index < -0.39 is 0 Å². The molecule has 0 aliphatic carbocycles. The highest BCUT2D eigenvalue weighted by atomic mass is 32.2. The molecular formula is C10H22N6S. The molecule has 0 saturated heterocycles. The smallest absolute Gasteiger partial charge is 0.186 e. The van der Waals surface area contributed by atoms with Gasteiger partial charge in [0.05, 0.1) is 5.88 Å². The summed E-state index contributed by atoms with van der Waals surface area (Å²) in [6.45, 7) is 2.84. The van der Waals surface area contributed by atoms with Crippen molar-refractivity contribution in [2.75, 3.05) is 12.4 Å². The van der Waals surface area contributed by atoms with E-state index in [-0.39, 0.29) is 11.9 Å². The van der Waals surface area contributed by atoms with Gasteiger partial charge in [0.1, 0.15) is 0 Å². The third-order valence-electron chi connectivity index (χ3n) is 1.92. The SMILES string of the molecule is C/C(=C\SCN=C(N)N)CCCCNC(=N)N.